The molecule has 5 nitrogen and oxygen atoms in total. The second-order valence-electron chi connectivity index (χ2n) is 7.17. The van der Waals surface area contributed by atoms with Crippen molar-refractivity contribution in [3.05, 3.63) is 105 Å². The first-order chi connectivity index (χ1) is 14.6. The molecule has 3 aromatic carbocycles. The van der Waals surface area contributed by atoms with Crippen LogP contribution in [0.1, 0.15) is 16.8 Å². The summed E-state index contributed by atoms with van der Waals surface area (Å²) in [5, 5.41) is 0.782. The molecule has 0 aliphatic carbocycles. The largest absolute Gasteiger partial charge is 0.455 e. The zero-order valence-corrected chi connectivity index (χ0v) is 16.0. The fourth-order valence-corrected chi connectivity index (χ4v) is 3.86. The predicted molar refractivity (Wildman–Crippen MR) is 117 cm³/mol. The van der Waals surface area contributed by atoms with Gasteiger partial charge in [0.2, 0.25) is 11.3 Å². The van der Waals surface area contributed by atoms with Crippen molar-refractivity contribution in [2.45, 2.75) is 12.8 Å². The molecule has 0 saturated carbocycles. The maximum absolute atomic E-state index is 13.3. The van der Waals surface area contributed by atoms with E-state index >= 15 is 0 Å². The van der Waals surface area contributed by atoms with E-state index in [4.69, 9.17) is 4.42 Å². The first kappa shape index (κ1) is 18.1. The van der Waals surface area contributed by atoms with Gasteiger partial charge in [-0.1, -0.05) is 54.6 Å². The summed E-state index contributed by atoms with van der Waals surface area (Å²) in [5.41, 5.74) is 1.01. The van der Waals surface area contributed by atoms with Gasteiger partial charge in [-0.15, -0.1) is 0 Å². The molecule has 0 fully saturated rings. The van der Waals surface area contributed by atoms with Gasteiger partial charge in [-0.25, -0.2) is 4.57 Å². The lowest BCUT2D eigenvalue weighted by atomic mass is 10.1. The summed E-state index contributed by atoms with van der Waals surface area (Å²) in [5.74, 6) is -0.352. The third kappa shape index (κ3) is 2.83. The number of pyridine rings is 1. The molecule has 5 aromatic rings. The Bertz CT molecular complexity index is 1540. The Morgan fingerprint density at radius 3 is 2.27 bits per heavy atom. The van der Waals surface area contributed by atoms with E-state index in [-0.39, 0.29) is 23.3 Å². The highest BCUT2D eigenvalue weighted by molar-refractivity contribution is 6.07. The van der Waals surface area contributed by atoms with Gasteiger partial charge in [0.05, 0.1) is 10.9 Å². The van der Waals surface area contributed by atoms with Crippen molar-refractivity contribution in [2.24, 2.45) is 0 Å². The SMILES string of the molecule is O=C(CCc1ccccc1)n1c(=O)c2c(=O)c3ccccc3oc2c2ccccc21. The molecule has 0 aliphatic heterocycles. The Morgan fingerprint density at radius 1 is 0.800 bits per heavy atom. The Kier molecular flexibility index (Phi) is 4.29. The maximum Gasteiger partial charge on any atom is 0.272 e. The van der Waals surface area contributed by atoms with Crippen LogP contribution >= 0.6 is 0 Å². The molecule has 5 heteroatoms. The van der Waals surface area contributed by atoms with Gasteiger partial charge in [-0.3, -0.25) is 14.4 Å². The number of aryl methyl sites for hydroxylation is 1. The Balaban J connectivity index is 1.77. The number of rotatable bonds is 3. The Morgan fingerprint density at radius 2 is 1.47 bits per heavy atom. The normalized spacial score (nSPS) is 11.3. The lowest BCUT2D eigenvalue weighted by Crippen LogP contribution is -2.30. The smallest absolute Gasteiger partial charge is 0.272 e. The summed E-state index contributed by atoms with van der Waals surface area (Å²) in [6, 6.07) is 23.4. The molecule has 0 N–H and O–H groups in total. The number of hydrogen-bond acceptors (Lipinski definition) is 4. The zero-order valence-electron chi connectivity index (χ0n) is 16.0. The van der Waals surface area contributed by atoms with Crippen molar-refractivity contribution in [2.75, 3.05) is 0 Å². The van der Waals surface area contributed by atoms with Crippen molar-refractivity contribution < 1.29 is 9.21 Å². The molecule has 0 atom stereocenters. The van der Waals surface area contributed by atoms with Crippen LogP contribution in [0, 0.1) is 0 Å². The second-order valence-corrected chi connectivity index (χ2v) is 7.17. The quantitative estimate of drug-likeness (QED) is 0.332. The van der Waals surface area contributed by atoms with Crippen molar-refractivity contribution in [3.8, 4) is 0 Å². The summed E-state index contributed by atoms with van der Waals surface area (Å²) in [6.45, 7) is 0. The van der Waals surface area contributed by atoms with E-state index < -0.39 is 11.0 Å². The summed E-state index contributed by atoms with van der Waals surface area (Å²) in [7, 11) is 0. The number of nitrogens with zero attached hydrogens (tertiary/aromatic N) is 1. The van der Waals surface area contributed by atoms with E-state index in [9.17, 15) is 14.4 Å². The number of para-hydroxylation sites is 2. The van der Waals surface area contributed by atoms with Crippen LogP contribution in [0.25, 0.3) is 32.8 Å². The minimum Gasteiger partial charge on any atom is -0.455 e. The molecule has 2 heterocycles. The Labute approximate surface area is 170 Å². The van der Waals surface area contributed by atoms with Crippen LogP contribution in [-0.4, -0.2) is 10.5 Å². The topological polar surface area (TPSA) is 69.3 Å². The maximum atomic E-state index is 13.3. The molecule has 146 valence electrons. The third-order valence-corrected chi connectivity index (χ3v) is 5.32. The van der Waals surface area contributed by atoms with Crippen molar-refractivity contribution >= 4 is 38.7 Å². The number of carbonyl (C=O) groups excluding carboxylic acids is 1. The number of fused-ring (bicyclic) bond motifs is 4. The standard InChI is InChI=1S/C25H17NO4/c27-21(15-14-16-8-2-1-3-9-16)26-19-12-6-4-10-17(19)24-22(25(26)29)23(28)18-11-5-7-13-20(18)30-24/h1-13H,14-15H2. The van der Waals surface area contributed by atoms with Gasteiger partial charge in [-0.2, -0.15) is 0 Å². The molecule has 0 spiro atoms. The van der Waals surface area contributed by atoms with Gasteiger partial charge < -0.3 is 4.42 Å². The van der Waals surface area contributed by atoms with E-state index in [1.54, 1.807) is 48.5 Å². The number of benzene rings is 3. The molecular weight excluding hydrogens is 378 g/mol. The predicted octanol–water partition coefficient (Wildman–Crippen LogP) is 4.53. The summed E-state index contributed by atoms with van der Waals surface area (Å²) < 4.78 is 7.08. The highest BCUT2D eigenvalue weighted by atomic mass is 16.3. The summed E-state index contributed by atoms with van der Waals surface area (Å²) in [6.07, 6.45) is 0.656. The fourth-order valence-electron chi connectivity index (χ4n) is 3.86. The second kappa shape index (κ2) is 7.12. The monoisotopic (exact) mass is 395 g/mol. The summed E-state index contributed by atoms with van der Waals surface area (Å²) in [4.78, 5) is 39.6. The average Bonchev–Trinajstić information content (AvgIpc) is 2.78. The zero-order chi connectivity index (χ0) is 20.7. The molecule has 30 heavy (non-hydrogen) atoms. The third-order valence-electron chi connectivity index (χ3n) is 5.32. The molecule has 0 radical (unpaired) electrons. The van der Waals surface area contributed by atoms with E-state index in [0.717, 1.165) is 10.1 Å². The molecule has 0 bridgehead atoms. The highest BCUT2D eigenvalue weighted by Gasteiger charge is 2.20. The first-order valence-corrected chi connectivity index (χ1v) is 9.71. The van der Waals surface area contributed by atoms with Crippen LogP contribution in [-0.2, 0) is 6.42 Å². The van der Waals surface area contributed by atoms with Crippen LogP contribution in [0.15, 0.2) is 92.9 Å². The number of carbonyl (C=O) groups is 1. The van der Waals surface area contributed by atoms with E-state index in [2.05, 4.69) is 0 Å². The minimum atomic E-state index is -0.638. The highest BCUT2D eigenvalue weighted by Crippen LogP contribution is 2.25. The molecular formula is C25H17NO4. The van der Waals surface area contributed by atoms with E-state index in [1.165, 1.54) is 0 Å². The molecule has 2 aromatic heterocycles. The van der Waals surface area contributed by atoms with Gasteiger partial charge in [0.1, 0.15) is 11.0 Å². The lowest BCUT2D eigenvalue weighted by Gasteiger charge is -2.12. The minimum absolute atomic E-state index is 0.0968. The molecule has 0 unspecified atom stereocenters. The molecule has 0 amide bonds. The van der Waals surface area contributed by atoms with E-state index in [0.29, 0.717) is 28.3 Å². The van der Waals surface area contributed by atoms with Crippen molar-refractivity contribution in [3.63, 3.8) is 0 Å². The van der Waals surface area contributed by atoms with Crippen LogP contribution in [0.4, 0.5) is 0 Å². The van der Waals surface area contributed by atoms with Crippen LogP contribution in [0.2, 0.25) is 0 Å². The van der Waals surface area contributed by atoms with Gasteiger partial charge in [0.15, 0.2) is 5.58 Å². The fraction of sp³-hybridized carbons (Fsp3) is 0.0800. The van der Waals surface area contributed by atoms with Crippen LogP contribution in [0.5, 0.6) is 0 Å². The average molecular weight is 395 g/mol. The first-order valence-electron chi connectivity index (χ1n) is 9.71. The van der Waals surface area contributed by atoms with Crippen LogP contribution in [0.3, 0.4) is 0 Å². The van der Waals surface area contributed by atoms with Gasteiger partial charge in [0, 0.05) is 11.8 Å². The van der Waals surface area contributed by atoms with Gasteiger partial charge in [0.25, 0.3) is 5.56 Å². The lowest BCUT2D eigenvalue weighted by molar-refractivity contribution is 0.0905. The van der Waals surface area contributed by atoms with Gasteiger partial charge in [-0.05, 0) is 36.2 Å². The molecule has 0 aliphatic rings. The Hall–Kier alpha value is -3.99. The molecule has 0 saturated heterocycles. The number of aromatic nitrogens is 1. The summed E-state index contributed by atoms with van der Waals surface area (Å²) >= 11 is 0. The van der Waals surface area contributed by atoms with Crippen molar-refractivity contribution in [1.82, 2.24) is 4.57 Å². The van der Waals surface area contributed by atoms with E-state index in [1.807, 2.05) is 30.3 Å². The number of hydrogen-bond donors (Lipinski definition) is 0. The van der Waals surface area contributed by atoms with Crippen molar-refractivity contribution in [1.29, 1.82) is 0 Å². The van der Waals surface area contributed by atoms with Crippen LogP contribution < -0.4 is 11.0 Å². The molecule has 5 rings (SSSR count). The van der Waals surface area contributed by atoms with Gasteiger partial charge >= 0.3 is 0 Å².